The Balaban J connectivity index is 2.02. The van der Waals surface area contributed by atoms with Crippen LogP contribution in [-0.2, 0) is 5.41 Å². The first-order chi connectivity index (χ1) is 9.87. The Kier molecular flexibility index (Phi) is 3.75. The molecule has 2 aromatic rings. The molecule has 1 aliphatic heterocycles. The molecule has 0 saturated carbocycles. The third kappa shape index (κ3) is 2.20. The number of nitrogens with one attached hydrogen (secondary N) is 1. The maximum Gasteiger partial charge on any atom is 0.123 e. The van der Waals surface area contributed by atoms with Gasteiger partial charge in [0, 0.05) is 5.56 Å². The molecule has 1 N–H and O–H groups in total. The van der Waals surface area contributed by atoms with Crippen LogP contribution < -0.4 is 10.1 Å². The molecule has 0 bridgehead atoms. The average molecular weight is 267 g/mol. The van der Waals surface area contributed by atoms with E-state index in [1.165, 1.54) is 11.1 Å². The second-order valence-corrected chi connectivity index (χ2v) is 5.44. The van der Waals surface area contributed by atoms with Crippen LogP contribution in [-0.4, -0.2) is 20.2 Å². The molecule has 0 amide bonds. The van der Waals surface area contributed by atoms with E-state index in [-0.39, 0.29) is 5.41 Å². The maximum atomic E-state index is 5.98. The van der Waals surface area contributed by atoms with Crippen LogP contribution in [0.15, 0.2) is 54.6 Å². The first-order valence-corrected chi connectivity index (χ1v) is 7.29. The topological polar surface area (TPSA) is 21.3 Å². The minimum Gasteiger partial charge on any atom is -0.492 e. The molecule has 2 aromatic carbocycles. The Hall–Kier alpha value is -1.80. The summed E-state index contributed by atoms with van der Waals surface area (Å²) in [5.74, 6) is 1.04. The largest absolute Gasteiger partial charge is 0.492 e. The van der Waals surface area contributed by atoms with Crippen molar-refractivity contribution in [2.75, 3.05) is 20.2 Å². The Morgan fingerprint density at radius 3 is 2.60 bits per heavy atom. The molecule has 0 aromatic heterocycles. The van der Waals surface area contributed by atoms with Crippen molar-refractivity contribution in [3.8, 4) is 5.75 Å². The zero-order valence-corrected chi connectivity index (χ0v) is 11.9. The minimum atomic E-state index is 0.00863. The Labute approximate surface area is 120 Å². The molecule has 2 heteroatoms. The van der Waals surface area contributed by atoms with E-state index in [2.05, 4.69) is 53.8 Å². The van der Waals surface area contributed by atoms with E-state index in [0.717, 1.165) is 31.7 Å². The van der Waals surface area contributed by atoms with Crippen molar-refractivity contribution in [1.82, 2.24) is 5.32 Å². The predicted octanol–water partition coefficient (Wildman–Crippen LogP) is 3.36. The van der Waals surface area contributed by atoms with Crippen molar-refractivity contribution < 1.29 is 4.74 Å². The number of para-hydroxylation sites is 1. The predicted molar refractivity (Wildman–Crippen MR) is 82.3 cm³/mol. The molecule has 0 fully saturated rings. The van der Waals surface area contributed by atoms with Crippen LogP contribution >= 0.6 is 0 Å². The van der Waals surface area contributed by atoms with E-state index >= 15 is 0 Å². The van der Waals surface area contributed by atoms with E-state index in [0.29, 0.717) is 0 Å². The molecule has 0 spiro atoms. The molecule has 2 nitrogen and oxygen atoms in total. The highest BCUT2D eigenvalue weighted by Crippen LogP contribution is 2.46. The Morgan fingerprint density at radius 2 is 1.80 bits per heavy atom. The van der Waals surface area contributed by atoms with E-state index in [4.69, 9.17) is 4.74 Å². The van der Waals surface area contributed by atoms with Gasteiger partial charge in [0.2, 0.25) is 0 Å². The highest BCUT2D eigenvalue weighted by Gasteiger charge is 2.41. The standard InChI is InChI=1S/C18H21NO/c1-19-13-7-12-18(15-8-3-2-4-9-15)14-20-17-11-6-5-10-16(17)18/h2-6,8-11,19H,7,12-14H2,1H3. The van der Waals surface area contributed by atoms with E-state index in [9.17, 15) is 0 Å². The van der Waals surface area contributed by atoms with Crippen LogP contribution in [0, 0.1) is 0 Å². The van der Waals surface area contributed by atoms with Crippen molar-refractivity contribution in [1.29, 1.82) is 0 Å². The average Bonchev–Trinajstić information content (AvgIpc) is 2.89. The van der Waals surface area contributed by atoms with Crippen molar-refractivity contribution in [2.45, 2.75) is 18.3 Å². The summed E-state index contributed by atoms with van der Waals surface area (Å²) in [4.78, 5) is 0. The third-order valence-corrected chi connectivity index (χ3v) is 4.23. The fourth-order valence-electron chi connectivity index (χ4n) is 3.18. The lowest BCUT2D eigenvalue weighted by molar-refractivity contribution is 0.279. The van der Waals surface area contributed by atoms with Gasteiger partial charge < -0.3 is 10.1 Å². The number of ether oxygens (including phenoxy) is 1. The summed E-state index contributed by atoms with van der Waals surface area (Å²) in [7, 11) is 2.01. The number of hydrogen-bond acceptors (Lipinski definition) is 2. The van der Waals surface area contributed by atoms with Gasteiger partial charge in [-0.3, -0.25) is 0 Å². The van der Waals surface area contributed by atoms with Crippen molar-refractivity contribution in [3.05, 3.63) is 65.7 Å². The number of rotatable bonds is 5. The molecule has 1 atom stereocenters. The summed E-state index contributed by atoms with van der Waals surface area (Å²) in [6.45, 7) is 1.79. The highest BCUT2D eigenvalue weighted by atomic mass is 16.5. The Morgan fingerprint density at radius 1 is 1.05 bits per heavy atom. The van der Waals surface area contributed by atoms with Crippen molar-refractivity contribution in [2.24, 2.45) is 0 Å². The van der Waals surface area contributed by atoms with E-state index < -0.39 is 0 Å². The lowest BCUT2D eigenvalue weighted by atomic mass is 9.73. The van der Waals surface area contributed by atoms with E-state index in [1.807, 2.05) is 13.1 Å². The zero-order chi connectivity index (χ0) is 13.8. The molecule has 1 aliphatic rings. The molecule has 1 unspecified atom stereocenters. The molecule has 3 rings (SSSR count). The minimum absolute atomic E-state index is 0.00863. The molecule has 104 valence electrons. The molecule has 0 saturated heterocycles. The summed E-state index contributed by atoms with van der Waals surface area (Å²) in [5, 5.41) is 3.24. The number of benzene rings is 2. The van der Waals surface area contributed by atoms with Gasteiger partial charge in [0.15, 0.2) is 0 Å². The van der Waals surface area contributed by atoms with Gasteiger partial charge >= 0.3 is 0 Å². The number of fused-ring (bicyclic) bond motifs is 1. The number of hydrogen-bond donors (Lipinski definition) is 1. The normalized spacial score (nSPS) is 20.4. The molecule has 1 heterocycles. The molecule has 0 radical (unpaired) electrons. The second-order valence-electron chi connectivity index (χ2n) is 5.44. The van der Waals surface area contributed by atoms with Gasteiger partial charge in [0.25, 0.3) is 0 Å². The van der Waals surface area contributed by atoms with Crippen LogP contribution in [0.3, 0.4) is 0 Å². The molecule has 20 heavy (non-hydrogen) atoms. The maximum absolute atomic E-state index is 5.98. The second kappa shape index (κ2) is 5.68. The monoisotopic (exact) mass is 267 g/mol. The third-order valence-electron chi connectivity index (χ3n) is 4.23. The summed E-state index contributed by atoms with van der Waals surface area (Å²) >= 11 is 0. The van der Waals surface area contributed by atoms with Crippen molar-refractivity contribution >= 4 is 0 Å². The molecular weight excluding hydrogens is 246 g/mol. The first kappa shape index (κ1) is 13.2. The van der Waals surface area contributed by atoms with Gasteiger partial charge in [0.05, 0.1) is 5.41 Å². The van der Waals surface area contributed by atoms with E-state index in [1.54, 1.807) is 0 Å². The van der Waals surface area contributed by atoms with Crippen LogP contribution in [0.4, 0.5) is 0 Å². The first-order valence-electron chi connectivity index (χ1n) is 7.29. The quantitative estimate of drug-likeness (QED) is 0.839. The van der Waals surface area contributed by atoms with Gasteiger partial charge in [0.1, 0.15) is 12.4 Å². The van der Waals surface area contributed by atoms with Crippen molar-refractivity contribution in [3.63, 3.8) is 0 Å². The lowest BCUT2D eigenvalue weighted by Crippen LogP contribution is -2.30. The smallest absolute Gasteiger partial charge is 0.123 e. The highest BCUT2D eigenvalue weighted by molar-refractivity contribution is 5.50. The molecule has 0 aliphatic carbocycles. The summed E-state index contributed by atoms with van der Waals surface area (Å²) in [5.41, 5.74) is 2.71. The molecular formula is C18H21NO. The summed E-state index contributed by atoms with van der Waals surface area (Å²) in [6, 6.07) is 19.2. The fourth-order valence-corrected chi connectivity index (χ4v) is 3.18. The van der Waals surface area contributed by atoms with Crippen LogP contribution in [0.1, 0.15) is 24.0 Å². The summed E-state index contributed by atoms with van der Waals surface area (Å²) in [6.07, 6.45) is 2.25. The van der Waals surface area contributed by atoms with Crippen LogP contribution in [0.25, 0.3) is 0 Å². The van der Waals surface area contributed by atoms with Gasteiger partial charge in [-0.2, -0.15) is 0 Å². The van der Waals surface area contributed by atoms with Gasteiger partial charge in [-0.1, -0.05) is 48.5 Å². The lowest BCUT2D eigenvalue weighted by Gasteiger charge is -2.29. The van der Waals surface area contributed by atoms with Gasteiger partial charge in [-0.05, 0) is 38.1 Å². The zero-order valence-electron chi connectivity index (χ0n) is 11.9. The summed E-state index contributed by atoms with van der Waals surface area (Å²) < 4.78 is 5.98. The Bertz CT molecular complexity index is 567. The fraction of sp³-hybridized carbons (Fsp3) is 0.333. The van der Waals surface area contributed by atoms with Crippen LogP contribution in [0.5, 0.6) is 5.75 Å². The van der Waals surface area contributed by atoms with Crippen LogP contribution in [0.2, 0.25) is 0 Å². The van der Waals surface area contributed by atoms with Gasteiger partial charge in [-0.15, -0.1) is 0 Å². The van der Waals surface area contributed by atoms with Gasteiger partial charge in [-0.25, -0.2) is 0 Å². The SMILES string of the molecule is CNCCCC1(c2ccccc2)COc2ccccc21.